The molecule has 0 N–H and O–H groups in total. The van der Waals surface area contributed by atoms with E-state index in [-0.39, 0.29) is 51.2 Å². The summed E-state index contributed by atoms with van der Waals surface area (Å²) < 4.78 is 30.8. The van der Waals surface area contributed by atoms with Crippen molar-refractivity contribution >= 4 is 141 Å². The molecule has 0 bridgehead atoms. The number of anilines is 5. The largest absolute Gasteiger partial charge is 2.00 e. The Morgan fingerprint density at radius 1 is 0.418 bits per heavy atom. The predicted octanol–water partition coefficient (Wildman–Crippen LogP) is 23.8. The van der Waals surface area contributed by atoms with E-state index in [1.165, 1.54) is 16.3 Å². The van der Waals surface area contributed by atoms with E-state index in [1.807, 2.05) is 174 Å². The van der Waals surface area contributed by atoms with Gasteiger partial charge in [-0.1, -0.05) is 150 Å². The van der Waals surface area contributed by atoms with Crippen LogP contribution in [0.1, 0.15) is 5.56 Å². The fourth-order valence-electron chi connectivity index (χ4n) is 16.5. The Hall–Kier alpha value is -14.1. The van der Waals surface area contributed by atoms with Crippen LogP contribution >= 0.6 is 7.92 Å². The van der Waals surface area contributed by atoms with Gasteiger partial charge in [-0.25, -0.2) is 32.1 Å². The molecular weight excluding hydrogens is 1650 g/mol. The zero-order chi connectivity index (χ0) is 78.9. The molecule has 583 valence electrons. The number of oxazole rings is 1. The molecule has 20 heteroatoms. The molecule has 16 nitrogen and oxygen atoms in total. The number of nitrogens with zero attached hydrogens (tertiary/aromatic N) is 13. The number of aromatic nitrogens is 11. The molecule has 0 saturated heterocycles. The van der Waals surface area contributed by atoms with E-state index in [4.69, 9.17) is 38.5 Å². The first-order chi connectivity index (χ1) is 58.9. The number of fused-ring (bicyclic) bond motifs is 14. The molecule has 13 heterocycles. The van der Waals surface area contributed by atoms with Crippen LogP contribution < -0.4 is 19.8 Å². The van der Waals surface area contributed by atoms with Crippen molar-refractivity contribution in [3.05, 3.63) is 401 Å². The van der Waals surface area contributed by atoms with Gasteiger partial charge in [-0.2, -0.15) is 89.9 Å². The van der Waals surface area contributed by atoms with E-state index in [9.17, 15) is 0 Å². The van der Waals surface area contributed by atoms with Gasteiger partial charge in [-0.3, -0.25) is 14.4 Å². The van der Waals surface area contributed by atoms with Gasteiger partial charge in [0.15, 0.2) is 17.3 Å². The molecule has 0 saturated carbocycles. The molecule has 1 aliphatic heterocycles. The minimum Gasteiger partial charge on any atom is -0.451 e. The summed E-state index contributed by atoms with van der Waals surface area (Å²) in [6.07, 6.45) is 12.5. The summed E-state index contributed by atoms with van der Waals surface area (Å²) in [5.74, 6) is 6.62. The molecule has 0 spiro atoms. The zero-order valence-electron chi connectivity index (χ0n) is 65.2. The number of hydrogen-bond donors (Lipinski definition) is 0. The van der Waals surface area contributed by atoms with Gasteiger partial charge >= 0.3 is 63.0 Å². The average molecular weight is 1720 g/mol. The standard InChI is InChI=1S/C38H22N4O.C35H22N6.C29H22N3O2P.3Mn/c1-2-13-26-25(11-1)12-9-16-27(26)30-17-10-22-36(39-30)42-33-20-7-8-21-34(33)43-35-23-24-37(40-38(35)42)41-31-18-5-3-14-28(31)29-15-4-6-19-32(29)41;1-38-21-8-15-33(38)39-22-20-23-16-18-32(36-34(23)39)41-30-14-7-4-11-26(30)27-17-19-31(37-35(27)41)40-28-12-5-2-9-24(28)25-10-3-6-13-29(25)40;1-4-12-23(13-5-1)21-35(25-16-8-3-9-17-25)22-32(24-14-6-2-7-15-24)29-30-27-26(20-33-28(27)34-29)31-18-10-11-19-31;;;/h1-12,14-18,20-24H;2-12,14,16-22H,1H3;1-12,14-18,20H,21-22H2;;;/q3*-2;3*+2/p+1. The molecule has 122 heavy (non-hydrogen) atoms. The summed E-state index contributed by atoms with van der Waals surface area (Å²) >= 11 is 0. The number of rotatable bonds is 14. The smallest absolute Gasteiger partial charge is 0.451 e. The number of ether oxygens (including phenoxy) is 1. The van der Waals surface area contributed by atoms with Crippen LogP contribution in [-0.2, 0) is 64.4 Å². The van der Waals surface area contributed by atoms with Crippen LogP contribution in [0.2, 0.25) is 0 Å². The van der Waals surface area contributed by atoms with Gasteiger partial charge in [0.2, 0.25) is 0 Å². The van der Waals surface area contributed by atoms with E-state index in [1.54, 1.807) is 6.26 Å². The third-order valence-corrected chi connectivity index (χ3v) is 24.6. The van der Waals surface area contributed by atoms with Crippen LogP contribution in [0.5, 0.6) is 11.5 Å². The van der Waals surface area contributed by atoms with Gasteiger partial charge < -0.3 is 36.4 Å². The van der Waals surface area contributed by atoms with E-state index in [0.717, 1.165) is 158 Å². The van der Waals surface area contributed by atoms with Gasteiger partial charge in [0.25, 0.3) is 0 Å². The number of furan rings is 1. The minimum atomic E-state index is -1.09. The van der Waals surface area contributed by atoms with Crippen molar-refractivity contribution < 1.29 is 64.8 Å². The molecule has 3 radical (unpaired) electrons. The molecule has 1 aliphatic rings. The van der Waals surface area contributed by atoms with Gasteiger partial charge in [0, 0.05) is 56.3 Å². The molecule has 0 amide bonds. The zero-order valence-corrected chi connectivity index (χ0v) is 69.7. The van der Waals surface area contributed by atoms with Gasteiger partial charge in [-0.15, -0.1) is 69.8 Å². The molecule has 24 rings (SSSR count). The van der Waals surface area contributed by atoms with Crippen molar-refractivity contribution in [1.82, 2.24) is 52.3 Å². The van der Waals surface area contributed by atoms with Crippen molar-refractivity contribution in [2.75, 3.05) is 16.1 Å². The maximum absolute atomic E-state index is 6.40. The fraction of sp³-hybridized carbons (Fsp3) is 0.0294. The molecule has 0 aliphatic carbocycles. The van der Waals surface area contributed by atoms with E-state index >= 15 is 0 Å². The molecule has 1 unspecified atom stereocenters. The Kier molecular flexibility index (Phi) is 21.2. The Morgan fingerprint density at radius 2 is 1.05 bits per heavy atom. The van der Waals surface area contributed by atoms with Crippen LogP contribution in [0.25, 0.3) is 139 Å². The molecular formula is C102H67Mn3N13O3P+. The average Bonchev–Trinajstić information content (AvgIpc) is 1.52. The first kappa shape index (κ1) is 77.8. The van der Waals surface area contributed by atoms with Crippen LogP contribution in [0.4, 0.5) is 29.0 Å². The summed E-state index contributed by atoms with van der Waals surface area (Å²) in [7, 11) is 0.932. The van der Waals surface area contributed by atoms with E-state index in [2.05, 4.69) is 259 Å². The van der Waals surface area contributed by atoms with Gasteiger partial charge in [0.1, 0.15) is 46.4 Å². The maximum atomic E-state index is 6.40. The maximum Gasteiger partial charge on any atom is 2.00 e. The second-order valence-electron chi connectivity index (χ2n) is 29.1. The number of benzene rings is 11. The molecule has 23 aromatic rings. The van der Waals surface area contributed by atoms with E-state index in [0.29, 0.717) is 28.9 Å². The van der Waals surface area contributed by atoms with Crippen LogP contribution in [0, 0.1) is 36.5 Å². The quantitative estimate of drug-likeness (QED) is 0.0588. The Bertz CT molecular complexity index is 7640. The first-order valence-corrected chi connectivity index (χ1v) is 41.2. The van der Waals surface area contributed by atoms with Crippen molar-refractivity contribution in [1.29, 1.82) is 0 Å². The monoisotopic (exact) mass is 1720 g/mol. The summed E-state index contributed by atoms with van der Waals surface area (Å²) in [5, 5.41) is 11.5. The molecule has 11 aromatic carbocycles. The van der Waals surface area contributed by atoms with Crippen molar-refractivity contribution in [3.8, 4) is 51.7 Å². The Balaban J connectivity index is 0.000000120. The fourth-order valence-corrected chi connectivity index (χ4v) is 19.1. The van der Waals surface area contributed by atoms with Crippen molar-refractivity contribution in [2.24, 2.45) is 7.05 Å². The topological polar surface area (TPSA) is 136 Å². The minimum absolute atomic E-state index is 0. The second kappa shape index (κ2) is 33.3. The SMILES string of the molecule is Cn1cc[c-]c1-n1ccc2ccc(-n3c4ccccc4c4ccc(-n5c6[c-]cccc6c6ccccc65)nc43)nc21.[Mn+2].[Mn+2].[Mn+2].[c-]1cccc2cccc(-c3cccc(N4c5ccccc5Oc5ccc(-n6c7[c-]cccc7c7ccccc76)nc54)n3)c12.[c-]1ccccc1C[PH+](CN(c1ccccc1)c1nc2c(-n3[c-]ccc3)coc2o1)c1ccccc1. The molecule has 1 atom stereocenters. The van der Waals surface area contributed by atoms with E-state index < -0.39 is 7.92 Å². The number of hydrogen-bond acceptors (Lipinski definition) is 10. The Morgan fingerprint density at radius 3 is 1.79 bits per heavy atom. The summed E-state index contributed by atoms with van der Waals surface area (Å²) in [6.45, 7) is 0. The summed E-state index contributed by atoms with van der Waals surface area (Å²) in [6, 6.07) is 131. The van der Waals surface area contributed by atoms with Crippen LogP contribution in [0.3, 0.4) is 0 Å². The van der Waals surface area contributed by atoms with Crippen LogP contribution in [0.15, 0.2) is 367 Å². The molecule has 12 aromatic heterocycles. The third kappa shape index (κ3) is 14.0. The molecule has 0 fully saturated rings. The van der Waals surface area contributed by atoms with Crippen molar-refractivity contribution in [3.63, 3.8) is 0 Å². The van der Waals surface area contributed by atoms with Gasteiger partial charge in [-0.05, 0) is 127 Å². The second-order valence-corrected chi connectivity index (χ2v) is 31.5. The summed E-state index contributed by atoms with van der Waals surface area (Å²) in [4.78, 5) is 30.2. The van der Waals surface area contributed by atoms with Crippen LogP contribution in [-0.4, -0.2) is 58.6 Å². The third-order valence-electron chi connectivity index (χ3n) is 22.0. The summed E-state index contributed by atoms with van der Waals surface area (Å²) in [5.41, 5.74) is 13.5. The number of pyridine rings is 4. The number of aryl methyl sites for hydroxylation is 1. The number of para-hydroxylation sites is 8. The van der Waals surface area contributed by atoms with Gasteiger partial charge in [0.05, 0.1) is 36.9 Å². The predicted molar refractivity (Wildman–Crippen MR) is 477 cm³/mol. The first-order valence-electron chi connectivity index (χ1n) is 39.2. The van der Waals surface area contributed by atoms with Crippen molar-refractivity contribution in [2.45, 2.75) is 6.16 Å². The Labute approximate surface area is 734 Å². The normalized spacial score (nSPS) is 11.9.